The summed E-state index contributed by atoms with van der Waals surface area (Å²) in [7, 11) is 0. The summed E-state index contributed by atoms with van der Waals surface area (Å²) in [6, 6.07) is 0.414. The van der Waals surface area contributed by atoms with Crippen LogP contribution in [0.4, 0.5) is 0 Å². The fraction of sp³-hybridized carbons (Fsp3) is 0.917. The second-order valence-electron chi connectivity index (χ2n) is 5.08. The lowest BCUT2D eigenvalue weighted by Crippen LogP contribution is -2.47. The Hall–Kier alpha value is -0.280. The molecule has 0 spiro atoms. The minimum atomic E-state index is -0.0211. The Labute approximate surface area is 105 Å². The predicted octanol–water partition coefficient (Wildman–Crippen LogP) is 2.18. The highest BCUT2D eigenvalue weighted by molar-refractivity contribution is 5.85. The maximum Gasteiger partial charge on any atom is 0.224 e. The molecule has 16 heavy (non-hydrogen) atoms. The van der Waals surface area contributed by atoms with E-state index in [1.54, 1.807) is 0 Å². The third-order valence-corrected chi connectivity index (χ3v) is 3.14. The lowest BCUT2D eigenvalue weighted by molar-refractivity contribution is -0.136. The van der Waals surface area contributed by atoms with Gasteiger partial charge in [0.2, 0.25) is 5.91 Å². The fourth-order valence-electron chi connectivity index (χ4n) is 2.35. The van der Waals surface area contributed by atoms with Gasteiger partial charge in [0.15, 0.2) is 0 Å². The van der Waals surface area contributed by atoms with Crippen LogP contribution in [0.2, 0.25) is 0 Å². The van der Waals surface area contributed by atoms with Crippen LogP contribution in [-0.2, 0) is 4.79 Å². The first kappa shape index (κ1) is 15.7. The van der Waals surface area contributed by atoms with E-state index in [4.69, 9.17) is 5.73 Å². The Morgan fingerprint density at radius 3 is 2.50 bits per heavy atom. The van der Waals surface area contributed by atoms with E-state index in [0.717, 1.165) is 19.4 Å². The second kappa shape index (κ2) is 7.13. The zero-order valence-corrected chi connectivity index (χ0v) is 11.4. The van der Waals surface area contributed by atoms with Crippen molar-refractivity contribution in [2.75, 3.05) is 6.54 Å². The number of likely N-dealkylation sites (tertiary alicyclic amines) is 1. The third-order valence-electron chi connectivity index (χ3n) is 3.14. The number of carbonyl (C=O) groups is 1. The molecule has 4 heteroatoms. The van der Waals surface area contributed by atoms with Gasteiger partial charge in [0.1, 0.15) is 0 Å². The first-order valence-electron chi connectivity index (χ1n) is 6.07. The van der Waals surface area contributed by atoms with E-state index in [0.29, 0.717) is 18.4 Å². The Balaban J connectivity index is 0.00000225. The molecule has 1 aliphatic heterocycles. The van der Waals surface area contributed by atoms with Gasteiger partial charge < -0.3 is 10.6 Å². The predicted molar refractivity (Wildman–Crippen MR) is 69.7 cm³/mol. The number of carbonyl (C=O) groups excluding carboxylic acids is 1. The van der Waals surface area contributed by atoms with E-state index in [9.17, 15) is 4.79 Å². The summed E-state index contributed by atoms with van der Waals surface area (Å²) >= 11 is 0. The van der Waals surface area contributed by atoms with Crippen molar-refractivity contribution in [2.45, 2.75) is 58.5 Å². The van der Waals surface area contributed by atoms with Crippen molar-refractivity contribution in [3.63, 3.8) is 0 Å². The third kappa shape index (κ3) is 4.30. The number of piperidine rings is 1. The van der Waals surface area contributed by atoms with E-state index in [2.05, 4.69) is 18.7 Å². The maximum absolute atomic E-state index is 12.0. The van der Waals surface area contributed by atoms with Crippen molar-refractivity contribution in [3.05, 3.63) is 0 Å². The number of hydrogen-bond donors (Lipinski definition) is 1. The van der Waals surface area contributed by atoms with Crippen LogP contribution in [0.1, 0.15) is 46.5 Å². The molecule has 2 unspecified atom stereocenters. The van der Waals surface area contributed by atoms with Crippen molar-refractivity contribution in [3.8, 4) is 0 Å². The molecule has 0 saturated carbocycles. The van der Waals surface area contributed by atoms with Gasteiger partial charge in [-0.15, -0.1) is 12.4 Å². The van der Waals surface area contributed by atoms with Crippen molar-refractivity contribution >= 4 is 18.3 Å². The van der Waals surface area contributed by atoms with Crippen LogP contribution in [0.15, 0.2) is 0 Å². The molecule has 0 bridgehead atoms. The highest BCUT2D eigenvalue weighted by Crippen LogP contribution is 2.23. The Morgan fingerprint density at radius 1 is 1.38 bits per heavy atom. The number of hydrogen-bond acceptors (Lipinski definition) is 2. The lowest BCUT2D eigenvalue weighted by atomic mass is 9.92. The fourth-order valence-corrected chi connectivity index (χ4v) is 2.35. The monoisotopic (exact) mass is 248 g/mol. The SMILES string of the molecule is CC(N)CC(=O)N1CCCCC1C(C)C.Cl. The molecule has 1 amide bonds. The van der Waals surface area contributed by atoms with E-state index in [1.807, 2.05) is 6.92 Å². The zero-order chi connectivity index (χ0) is 11.4. The van der Waals surface area contributed by atoms with Gasteiger partial charge in [-0.25, -0.2) is 0 Å². The zero-order valence-electron chi connectivity index (χ0n) is 10.6. The molecule has 1 fully saturated rings. The van der Waals surface area contributed by atoms with Crippen LogP contribution in [0.3, 0.4) is 0 Å². The van der Waals surface area contributed by atoms with E-state index in [1.165, 1.54) is 6.42 Å². The topological polar surface area (TPSA) is 46.3 Å². The van der Waals surface area contributed by atoms with E-state index < -0.39 is 0 Å². The number of halogens is 1. The Bertz CT molecular complexity index is 219. The lowest BCUT2D eigenvalue weighted by Gasteiger charge is -2.38. The largest absolute Gasteiger partial charge is 0.339 e. The summed E-state index contributed by atoms with van der Waals surface area (Å²) in [6.07, 6.45) is 4.05. The Kier molecular flexibility index (Phi) is 7.00. The summed E-state index contributed by atoms with van der Waals surface area (Å²) in [4.78, 5) is 14.0. The molecule has 0 aromatic rings. The van der Waals surface area contributed by atoms with E-state index >= 15 is 0 Å². The van der Waals surface area contributed by atoms with Gasteiger partial charge in [-0.1, -0.05) is 13.8 Å². The molecule has 0 aromatic carbocycles. The number of amides is 1. The molecule has 0 radical (unpaired) electrons. The first-order valence-corrected chi connectivity index (χ1v) is 6.07. The smallest absolute Gasteiger partial charge is 0.224 e. The van der Waals surface area contributed by atoms with Gasteiger partial charge in [0.05, 0.1) is 0 Å². The molecule has 2 atom stereocenters. The van der Waals surface area contributed by atoms with Crippen molar-refractivity contribution in [2.24, 2.45) is 11.7 Å². The molecule has 0 aliphatic carbocycles. The van der Waals surface area contributed by atoms with Gasteiger partial charge in [-0.3, -0.25) is 4.79 Å². The van der Waals surface area contributed by atoms with Crippen LogP contribution in [0.5, 0.6) is 0 Å². The molecule has 1 aliphatic rings. The average molecular weight is 249 g/mol. The van der Waals surface area contributed by atoms with Crippen molar-refractivity contribution < 1.29 is 4.79 Å². The second-order valence-corrected chi connectivity index (χ2v) is 5.08. The number of nitrogens with zero attached hydrogens (tertiary/aromatic N) is 1. The van der Waals surface area contributed by atoms with Crippen molar-refractivity contribution in [1.29, 1.82) is 0 Å². The van der Waals surface area contributed by atoms with Gasteiger partial charge in [-0.05, 0) is 32.1 Å². The molecule has 2 N–H and O–H groups in total. The molecule has 1 rings (SSSR count). The Morgan fingerprint density at radius 2 is 2.00 bits per heavy atom. The van der Waals surface area contributed by atoms with Crippen molar-refractivity contribution in [1.82, 2.24) is 4.90 Å². The summed E-state index contributed by atoms with van der Waals surface area (Å²) in [6.45, 7) is 7.21. The molecular weight excluding hydrogens is 224 g/mol. The van der Waals surface area contributed by atoms with Crippen LogP contribution in [0, 0.1) is 5.92 Å². The molecule has 96 valence electrons. The first-order chi connectivity index (χ1) is 7.02. The normalized spacial score (nSPS) is 22.8. The molecule has 0 aromatic heterocycles. The number of rotatable bonds is 3. The van der Waals surface area contributed by atoms with Gasteiger partial charge in [0.25, 0.3) is 0 Å². The summed E-state index contributed by atoms with van der Waals surface area (Å²) in [5, 5.41) is 0. The van der Waals surface area contributed by atoms with Crippen LogP contribution in [0.25, 0.3) is 0 Å². The molecule has 1 saturated heterocycles. The maximum atomic E-state index is 12.0. The minimum absolute atomic E-state index is 0. The highest BCUT2D eigenvalue weighted by atomic mass is 35.5. The minimum Gasteiger partial charge on any atom is -0.339 e. The standard InChI is InChI=1S/C12H24N2O.ClH/c1-9(2)11-6-4-5-7-14(11)12(15)8-10(3)13;/h9-11H,4-8,13H2,1-3H3;1H. The highest BCUT2D eigenvalue weighted by Gasteiger charge is 2.28. The van der Waals surface area contributed by atoms with Gasteiger partial charge in [-0.2, -0.15) is 0 Å². The van der Waals surface area contributed by atoms with E-state index in [-0.39, 0.29) is 24.4 Å². The quantitative estimate of drug-likeness (QED) is 0.832. The van der Waals surface area contributed by atoms with Crippen LogP contribution < -0.4 is 5.73 Å². The molecule has 1 heterocycles. The van der Waals surface area contributed by atoms with Gasteiger partial charge >= 0.3 is 0 Å². The summed E-state index contributed by atoms with van der Waals surface area (Å²) in [5.41, 5.74) is 5.67. The summed E-state index contributed by atoms with van der Waals surface area (Å²) in [5.74, 6) is 0.797. The van der Waals surface area contributed by atoms with Crippen LogP contribution >= 0.6 is 12.4 Å². The van der Waals surface area contributed by atoms with Gasteiger partial charge in [0, 0.05) is 25.0 Å². The summed E-state index contributed by atoms with van der Waals surface area (Å²) < 4.78 is 0. The molecular formula is C12H25ClN2O. The van der Waals surface area contributed by atoms with Crippen LogP contribution in [-0.4, -0.2) is 29.4 Å². The molecule has 3 nitrogen and oxygen atoms in total. The number of nitrogens with two attached hydrogens (primary N) is 1. The average Bonchev–Trinajstić information content (AvgIpc) is 2.16.